The minimum Gasteiger partial charge on any atom is -0.490 e. The number of nitrogen functional groups attached to an aromatic ring is 1. The molecule has 0 amide bonds. The second-order valence-corrected chi connectivity index (χ2v) is 6.96. The lowest BCUT2D eigenvalue weighted by molar-refractivity contribution is 0.0904. The minimum absolute atomic E-state index is 0. The van der Waals surface area contributed by atoms with Crippen molar-refractivity contribution in [3.8, 4) is 11.6 Å². The zero-order valence-electron chi connectivity index (χ0n) is 16.9. The van der Waals surface area contributed by atoms with Gasteiger partial charge in [-0.3, -0.25) is 0 Å². The van der Waals surface area contributed by atoms with E-state index in [2.05, 4.69) is 20.9 Å². The lowest BCUT2D eigenvalue weighted by Crippen LogP contribution is -2.48. The Morgan fingerprint density at radius 2 is 1.90 bits per heavy atom. The van der Waals surface area contributed by atoms with Crippen LogP contribution < -0.4 is 26.1 Å². The molecule has 10 heteroatoms. The van der Waals surface area contributed by atoms with E-state index < -0.39 is 6.10 Å². The molecule has 9 nitrogen and oxygen atoms in total. The first kappa shape index (κ1) is 24.9. The number of hydrazine groups is 1. The second kappa shape index (κ2) is 12.4. The summed E-state index contributed by atoms with van der Waals surface area (Å²) in [5.41, 5.74) is 2.96. The third-order valence-electron chi connectivity index (χ3n) is 3.89. The highest BCUT2D eigenvalue weighted by atomic mass is 35.5. The van der Waals surface area contributed by atoms with Crippen LogP contribution in [0.3, 0.4) is 0 Å². The average Bonchev–Trinajstić information content (AvgIpc) is 2.71. The summed E-state index contributed by atoms with van der Waals surface area (Å²) >= 11 is 0. The van der Waals surface area contributed by atoms with Gasteiger partial charge in [-0.1, -0.05) is 18.2 Å². The smallest absolute Gasteiger partial charge is 0.233 e. The van der Waals surface area contributed by atoms with E-state index in [0.29, 0.717) is 37.2 Å². The standard InChI is InChI=1S/C19H29N5O4.ClH/c1-19(2,13-28-18-9-8-17(22-20)23-24-18)21-10-15(25)12-27-16-7-5-4-6-14(16)11-26-3;/h4-9,15,21,25H,10-13,20H2,1-3H3,(H,22,23);1H. The second-order valence-electron chi connectivity index (χ2n) is 6.96. The molecule has 2 aromatic rings. The van der Waals surface area contributed by atoms with Crippen LogP contribution in [0.1, 0.15) is 19.4 Å². The highest BCUT2D eigenvalue weighted by Gasteiger charge is 2.20. The SMILES string of the molecule is COCc1ccccc1OCC(O)CNC(C)(C)COc1ccc(NN)nn1.Cl. The van der Waals surface area contributed by atoms with E-state index in [1.54, 1.807) is 19.2 Å². The van der Waals surface area contributed by atoms with Crippen LogP contribution in [-0.2, 0) is 11.3 Å². The van der Waals surface area contributed by atoms with Crippen LogP contribution in [0.4, 0.5) is 5.82 Å². The monoisotopic (exact) mass is 427 g/mol. The Hall–Kier alpha value is -2.17. The zero-order valence-corrected chi connectivity index (χ0v) is 17.7. The molecule has 0 aliphatic heterocycles. The van der Waals surface area contributed by atoms with Crippen molar-refractivity contribution in [2.24, 2.45) is 5.84 Å². The van der Waals surface area contributed by atoms with Crippen molar-refractivity contribution in [3.63, 3.8) is 0 Å². The first-order valence-electron chi connectivity index (χ1n) is 8.99. The lowest BCUT2D eigenvalue weighted by Gasteiger charge is -2.27. The highest BCUT2D eigenvalue weighted by molar-refractivity contribution is 5.85. The number of β-amino-alcohol motifs (C(OH)–C–C–N with tert-alkyl or cyclic N) is 1. The van der Waals surface area contributed by atoms with Gasteiger partial charge in [0.1, 0.15) is 25.1 Å². The van der Waals surface area contributed by atoms with Crippen molar-refractivity contribution < 1.29 is 19.3 Å². The summed E-state index contributed by atoms with van der Waals surface area (Å²) in [5, 5.41) is 21.3. The van der Waals surface area contributed by atoms with E-state index >= 15 is 0 Å². The van der Waals surface area contributed by atoms with E-state index in [0.717, 1.165) is 5.56 Å². The Labute approximate surface area is 177 Å². The summed E-state index contributed by atoms with van der Waals surface area (Å²) < 4.78 is 16.5. The Balaban J connectivity index is 0.00000420. The van der Waals surface area contributed by atoms with Crippen molar-refractivity contribution in [1.82, 2.24) is 15.5 Å². The fraction of sp³-hybridized carbons (Fsp3) is 0.474. The van der Waals surface area contributed by atoms with Gasteiger partial charge in [-0.2, -0.15) is 0 Å². The number of nitrogens with zero attached hydrogens (tertiary/aromatic N) is 2. The molecule has 1 heterocycles. The maximum atomic E-state index is 10.2. The molecular formula is C19H30ClN5O4. The maximum Gasteiger partial charge on any atom is 0.233 e. The Bertz CT molecular complexity index is 718. The van der Waals surface area contributed by atoms with Crippen molar-refractivity contribution >= 4 is 18.2 Å². The van der Waals surface area contributed by atoms with E-state index in [4.69, 9.17) is 20.1 Å². The summed E-state index contributed by atoms with van der Waals surface area (Å²) in [6, 6.07) is 11.0. The molecule has 5 N–H and O–H groups in total. The summed E-state index contributed by atoms with van der Waals surface area (Å²) in [6.45, 7) is 5.27. The van der Waals surface area contributed by atoms with Crippen molar-refractivity contribution in [3.05, 3.63) is 42.0 Å². The number of aliphatic hydroxyl groups excluding tert-OH is 1. The normalized spacial score (nSPS) is 12.0. The molecule has 0 aliphatic rings. The number of hydrogen-bond donors (Lipinski definition) is 4. The van der Waals surface area contributed by atoms with Crippen molar-refractivity contribution in [2.75, 3.05) is 32.3 Å². The zero-order chi connectivity index (χ0) is 20.4. The molecule has 1 aromatic heterocycles. The predicted octanol–water partition coefficient (Wildman–Crippen LogP) is 1.52. The van der Waals surface area contributed by atoms with Crippen LogP contribution in [0.2, 0.25) is 0 Å². The molecule has 0 bridgehead atoms. The van der Waals surface area contributed by atoms with Crippen LogP contribution in [-0.4, -0.2) is 53.8 Å². The van der Waals surface area contributed by atoms with Gasteiger partial charge in [0.05, 0.1) is 6.61 Å². The molecule has 0 saturated carbocycles. The van der Waals surface area contributed by atoms with Crippen LogP contribution in [0.5, 0.6) is 11.6 Å². The third kappa shape index (κ3) is 8.80. The molecule has 1 aromatic carbocycles. The van der Waals surface area contributed by atoms with Gasteiger partial charge in [0, 0.05) is 30.8 Å². The van der Waals surface area contributed by atoms with Gasteiger partial charge in [0.15, 0.2) is 5.82 Å². The fourth-order valence-electron chi connectivity index (χ4n) is 2.34. The molecule has 1 unspecified atom stereocenters. The van der Waals surface area contributed by atoms with Gasteiger partial charge in [-0.05, 0) is 26.0 Å². The number of rotatable bonds is 12. The predicted molar refractivity (Wildman–Crippen MR) is 113 cm³/mol. The highest BCUT2D eigenvalue weighted by Crippen LogP contribution is 2.19. The first-order chi connectivity index (χ1) is 13.4. The van der Waals surface area contributed by atoms with Crippen LogP contribution in [0.25, 0.3) is 0 Å². The van der Waals surface area contributed by atoms with E-state index in [-0.39, 0.29) is 24.6 Å². The van der Waals surface area contributed by atoms with Gasteiger partial charge < -0.3 is 30.1 Å². The fourth-order valence-corrected chi connectivity index (χ4v) is 2.34. The molecule has 2 rings (SSSR count). The number of para-hydroxylation sites is 1. The van der Waals surface area contributed by atoms with Crippen LogP contribution in [0, 0.1) is 0 Å². The molecule has 0 fully saturated rings. The van der Waals surface area contributed by atoms with Crippen molar-refractivity contribution in [2.45, 2.75) is 32.1 Å². The lowest BCUT2D eigenvalue weighted by atomic mass is 10.1. The first-order valence-corrected chi connectivity index (χ1v) is 8.99. The molecule has 0 aliphatic carbocycles. The van der Waals surface area contributed by atoms with Crippen LogP contribution >= 0.6 is 12.4 Å². The Kier molecular flexibility index (Phi) is 10.6. The number of aliphatic hydroxyl groups is 1. The summed E-state index contributed by atoms with van der Waals surface area (Å²) in [4.78, 5) is 0. The van der Waals surface area contributed by atoms with Gasteiger partial charge >= 0.3 is 0 Å². The number of halogens is 1. The Morgan fingerprint density at radius 1 is 1.14 bits per heavy atom. The third-order valence-corrected chi connectivity index (χ3v) is 3.89. The number of hydrogen-bond acceptors (Lipinski definition) is 9. The quantitative estimate of drug-likeness (QED) is 0.294. The van der Waals surface area contributed by atoms with E-state index in [1.807, 2.05) is 38.1 Å². The number of ether oxygens (including phenoxy) is 3. The maximum absolute atomic E-state index is 10.2. The van der Waals surface area contributed by atoms with Gasteiger partial charge in [0.25, 0.3) is 0 Å². The van der Waals surface area contributed by atoms with Gasteiger partial charge in [-0.25, -0.2) is 5.84 Å². The number of anilines is 1. The molecule has 0 spiro atoms. The molecule has 0 radical (unpaired) electrons. The topological polar surface area (TPSA) is 124 Å². The van der Waals surface area contributed by atoms with Crippen LogP contribution in [0.15, 0.2) is 36.4 Å². The number of benzene rings is 1. The van der Waals surface area contributed by atoms with Gasteiger partial charge in [0.2, 0.25) is 5.88 Å². The molecular weight excluding hydrogens is 398 g/mol. The number of methoxy groups -OCH3 is 1. The average molecular weight is 428 g/mol. The summed E-state index contributed by atoms with van der Waals surface area (Å²) in [6.07, 6.45) is -0.676. The molecule has 1 atom stereocenters. The molecule has 0 saturated heterocycles. The van der Waals surface area contributed by atoms with Gasteiger partial charge in [-0.15, -0.1) is 22.6 Å². The number of nitrogens with two attached hydrogens (primary N) is 1. The minimum atomic E-state index is -0.676. The summed E-state index contributed by atoms with van der Waals surface area (Å²) in [5.74, 6) is 6.81. The largest absolute Gasteiger partial charge is 0.490 e. The Morgan fingerprint density at radius 3 is 2.55 bits per heavy atom. The number of nitrogens with one attached hydrogen (secondary N) is 2. The van der Waals surface area contributed by atoms with E-state index in [9.17, 15) is 5.11 Å². The van der Waals surface area contributed by atoms with E-state index in [1.165, 1.54) is 0 Å². The molecule has 29 heavy (non-hydrogen) atoms. The number of aromatic nitrogens is 2. The summed E-state index contributed by atoms with van der Waals surface area (Å²) in [7, 11) is 1.63. The van der Waals surface area contributed by atoms with Crippen molar-refractivity contribution in [1.29, 1.82) is 0 Å². The molecule has 162 valence electrons.